The predicted octanol–water partition coefficient (Wildman–Crippen LogP) is 3.23. The Balaban J connectivity index is 2.00. The lowest BCUT2D eigenvalue weighted by atomic mass is 10.1. The van der Waals surface area contributed by atoms with Gasteiger partial charge in [-0.1, -0.05) is 18.2 Å². The summed E-state index contributed by atoms with van der Waals surface area (Å²) in [6, 6.07) is 11.6. The van der Waals surface area contributed by atoms with Crippen LogP contribution in [0.5, 0.6) is 5.75 Å². The number of hydrogen-bond donors (Lipinski definition) is 1. The maximum Gasteiger partial charge on any atom is 0.310 e. The van der Waals surface area contributed by atoms with E-state index < -0.39 is 4.92 Å². The molecule has 114 valence electrons. The number of nitro benzene ring substituents is 1. The van der Waals surface area contributed by atoms with Crippen molar-refractivity contribution >= 4 is 17.3 Å². The molecule has 1 N–H and O–H groups in total. The Bertz CT molecular complexity index is 693. The minimum atomic E-state index is -0.544. The molecule has 0 radical (unpaired) electrons. The third-order valence-corrected chi connectivity index (χ3v) is 2.93. The molecule has 0 aliphatic rings. The van der Waals surface area contributed by atoms with Gasteiger partial charge in [0.2, 0.25) is 0 Å². The van der Waals surface area contributed by atoms with Crippen LogP contribution in [0.2, 0.25) is 0 Å². The second-order valence-electron chi connectivity index (χ2n) is 4.94. The molecular formula is C16H16N2O4. The fraction of sp³-hybridized carbons (Fsp3) is 0.188. The van der Waals surface area contributed by atoms with Crippen molar-refractivity contribution in [2.45, 2.75) is 13.8 Å². The summed E-state index contributed by atoms with van der Waals surface area (Å²) in [5.41, 5.74) is 2.58. The van der Waals surface area contributed by atoms with Crippen LogP contribution in [0.4, 0.5) is 11.4 Å². The number of ether oxygens (including phenoxy) is 1. The summed E-state index contributed by atoms with van der Waals surface area (Å²) in [5.74, 6) is -0.300. The highest BCUT2D eigenvalue weighted by atomic mass is 16.6. The number of carbonyl (C=O) groups excluding carboxylic acids is 1. The lowest BCUT2D eigenvalue weighted by molar-refractivity contribution is -0.385. The van der Waals surface area contributed by atoms with Crippen LogP contribution >= 0.6 is 0 Å². The monoisotopic (exact) mass is 300 g/mol. The predicted molar refractivity (Wildman–Crippen MR) is 83.1 cm³/mol. The first-order valence-electron chi connectivity index (χ1n) is 6.70. The number of aryl methyl sites for hydroxylation is 2. The van der Waals surface area contributed by atoms with E-state index in [0.717, 1.165) is 11.1 Å². The van der Waals surface area contributed by atoms with Gasteiger partial charge in [0.05, 0.1) is 4.92 Å². The Kier molecular flexibility index (Phi) is 4.73. The van der Waals surface area contributed by atoms with Crippen molar-refractivity contribution in [1.82, 2.24) is 0 Å². The van der Waals surface area contributed by atoms with Crippen LogP contribution in [0.1, 0.15) is 11.1 Å². The van der Waals surface area contributed by atoms with Gasteiger partial charge in [-0.3, -0.25) is 14.9 Å². The minimum absolute atomic E-state index is 0.0723. The normalized spacial score (nSPS) is 10.1. The van der Waals surface area contributed by atoms with Gasteiger partial charge in [0.1, 0.15) is 0 Å². The average molecular weight is 300 g/mol. The molecule has 0 fully saturated rings. The van der Waals surface area contributed by atoms with Crippen molar-refractivity contribution in [1.29, 1.82) is 0 Å². The molecule has 0 atom stereocenters. The molecule has 0 heterocycles. The van der Waals surface area contributed by atoms with E-state index in [1.165, 1.54) is 12.1 Å². The summed E-state index contributed by atoms with van der Waals surface area (Å²) < 4.78 is 5.24. The first-order chi connectivity index (χ1) is 10.5. The minimum Gasteiger partial charge on any atom is -0.477 e. The van der Waals surface area contributed by atoms with Crippen LogP contribution in [0, 0.1) is 24.0 Å². The number of nitro groups is 1. The average Bonchev–Trinajstić information content (AvgIpc) is 2.44. The van der Waals surface area contributed by atoms with E-state index in [-0.39, 0.29) is 24.0 Å². The Morgan fingerprint density at radius 3 is 2.45 bits per heavy atom. The van der Waals surface area contributed by atoms with E-state index in [2.05, 4.69) is 5.32 Å². The molecule has 1 amide bonds. The van der Waals surface area contributed by atoms with Crippen LogP contribution in [-0.2, 0) is 4.79 Å². The van der Waals surface area contributed by atoms with Crippen molar-refractivity contribution in [3.8, 4) is 5.75 Å². The second kappa shape index (κ2) is 6.71. The quantitative estimate of drug-likeness (QED) is 0.679. The number of amides is 1. The number of hydrogen-bond acceptors (Lipinski definition) is 4. The standard InChI is InChI=1S/C16H16N2O4/c1-11-7-12(2)9-13(8-11)17-16(19)10-22-15-6-4-3-5-14(15)18(20)21/h3-9H,10H2,1-2H3,(H,17,19). The molecule has 0 saturated carbocycles. The van der Waals surface area contributed by atoms with Gasteiger partial charge in [-0.15, -0.1) is 0 Å². The highest BCUT2D eigenvalue weighted by molar-refractivity contribution is 5.92. The highest BCUT2D eigenvalue weighted by Gasteiger charge is 2.15. The number of carbonyl (C=O) groups is 1. The van der Waals surface area contributed by atoms with Gasteiger partial charge < -0.3 is 10.1 Å². The van der Waals surface area contributed by atoms with Gasteiger partial charge in [-0.05, 0) is 43.2 Å². The number of para-hydroxylation sites is 2. The molecule has 0 unspecified atom stereocenters. The maximum absolute atomic E-state index is 11.9. The summed E-state index contributed by atoms with van der Waals surface area (Å²) in [6.07, 6.45) is 0. The zero-order valence-electron chi connectivity index (χ0n) is 12.3. The van der Waals surface area contributed by atoms with E-state index in [0.29, 0.717) is 5.69 Å². The summed E-state index contributed by atoms with van der Waals surface area (Å²) in [7, 11) is 0. The Morgan fingerprint density at radius 2 is 1.82 bits per heavy atom. The topological polar surface area (TPSA) is 81.5 Å². The number of rotatable bonds is 5. The fourth-order valence-corrected chi connectivity index (χ4v) is 2.12. The molecule has 0 aromatic heterocycles. The molecule has 6 heteroatoms. The zero-order valence-corrected chi connectivity index (χ0v) is 12.3. The van der Waals surface area contributed by atoms with Crippen LogP contribution in [0.3, 0.4) is 0 Å². The van der Waals surface area contributed by atoms with Crippen LogP contribution in [0.15, 0.2) is 42.5 Å². The first-order valence-corrected chi connectivity index (χ1v) is 6.70. The molecule has 6 nitrogen and oxygen atoms in total. The van der Waals surface area contributed by atoms with Gasteiger partial charge in [0.15, 0.2) is 12.4 Å². The molecule has 22 heavy (non-hydrogen) atoms. The summed E-state index contributed by atoms with van der Waals surface area (Å²) in [4.78, 5) is 22.2. The fourth-order valence-electron chi connectivity index (χ4n) is 2.12. The third kappa shape index (κ3) is 4.05. The molecule has 0 aliphatic heterocycles. The lowest BCUT2D eigenvalue weighted by Crippen LogP contribution is -2.20. The SMILES string of the molecule is Cc1cc(C)cc(NC(=O)COc2ccccc2[N+](=O)[O-])c1. The van der Waals surface area contributed by atoms with Gasteiger partial charge in [-0.25, -0.2) is 0 Å². The van der Waals surface area contributed by atoms with E-state index in [1.54, 1.807) is 12.1 Å². The van der Waals surface area contributed by atoms with Crippen LogP contribution in [0.25, 0.3) is 0 Å². The molecule has 0 bridgehead atoms. The van der Waals surface area contributed by atoms with E-state index in [9.17, 15) is 14.9 Å². The number of nitrogens with one attached hydrogen (secondary N) is 1. The molecule has 2 aromatic rings. The Labute approximate surface area is 127 Å². The number of benzene rings is 2. The molecular weight excluding hydrogens is 284 g/mol. The number of anilines is 1. The summed E-state index contributed by atoms with van der Waals surface area (Å²) >= 11 is 0. The van der Waals surface area contributed by atoms with Gasteiger partial charge in [0.25, 0.3) is 5.91 Å². The third-order valence-electron chi connectivity index (χ3n) is 2.93. The summed E-state index contributed by atoms with van der Waals surface area (Å²) in [6.45, 7) is 3.58. The van der Waals surface area contributed by atoms with Gasteiger partial charge in [-0.2, -0.15) is 0 Å². The summed E-state index contributed by atoms with van der Waals surface area (Å²) in [5, 5.41) is 13.6. The van der Waals surface area contributed by atoms with Crippen molar-refractivity contribution < 1.29 is 14.5 Å². The molecule has 0 aliphatic carbocycles. The van der Waals surface area contributed by atoms with E-state index >= 15 is 0 Å². The van der Waals surface area contributed by atoms with Crippen LogP contribution in [-0.4, -0.2) is 17.4 Å². The van der Waals surface area contributed by atoms with E-state index in [4.69, 9.17) is 4.74 Å². The van der Waals surface area contributed by atoms with Crippen molar-refractivity contribution in [2.75, 3.05) is 11.9 Å². The van der Waals surface area contributed by atoms with E-state index in [1.807, 2.05) is 32.0 Å². The number of nitrogens with zero attached hydrogens (tertiary/aromatic N) is 1. The molecule has 0 saturated heterocycles. The smallest absolute Gasteiger partial charge is 0.310 e. The highest BCUT2D eigenvalue weighted by Crippen LogP contribution is 2.25. The lowest BCUT2D eigenvalue weighted by Gasteiger charge is -2.09. The largest absolute Gasteiger partial charge is 0.477 e. The molecule has 2 aromatic carbocycles. The zero-order chi connectivity index (χ0) is 16.1. The molecule has 0 spiro atoms. The van der Waals surface area contributed by atoms with Crippen molar-refractivity contribution in [3.63, 3.8) is 0 Å². The Hall–Kier alpha value is -2.89. The van der Waals surface area contributed by atoms with Gasteiger partial charge in [0, 0.05) is 11.8 Å². The van der Waals surface area contributed by atoms with Crippen molar-refractivity contribution in [2.24, 2.45) is 0 Å². The molecule has 2 rings (SSSR count). The van der Waals surface area contributed by atoms with Crippen molar-refractivity contribution in [3.05, 3.63) is 63.7 Å². The van der Waals surface area contributed by atoms with Gasteiger partial charge >= 0.3 is 5.69 Å². The first kappa shape index (κ1) is 15.5. The second-order valence-corrected chi connectivity index (χ2v) is 4.94. The van der Waals surface area contributed by atoms with Crippen LogP contribution < -0.4 is 10.1 Å². The maximum atomic E-state index is 11.9. The Morgan fingerprint density at radius 1 is 1.18 bits per heavy atom.